The van der Waals surface area contributed by atoms with Crippen molar-refractivity contribution in [1.29, 1.82) is 0 Å². The predicted octanol–water partition coefficient (Wildman–Crippen LogP) is 1.57. The highest BCUT2D eigenvalue weighted by Gasteiger charge is 2.05. The quantitative estimate of drug-likeness (QED) is 0.818. The van der Waals surface area contributed by atoms with Crippen molar-refractivity contribution in [2.24, 2.45) is 5.73 Å². The van der Waals surface area contributed by atoms with Crippen LogP contribution in [0.2, 0.25) is 0 Å². The van der Waals surface area contributed by atoms with Gasteiger partial charge in [0.1, 0.15) is 0 Å². The van der Waals surface area contributed by atoms with Gasteiger partial charge in [-0.1, -0.05) is 12.1 Å². The van der Waals surface area contributed by atoms with E-state index in [2.05, 4.69) is 0 Å². The second-order valence-corrected chi connectivity index (χ2v) is 3.71. The third-order valence-corrected chi connectivity index (χ3v) is 2.69. The van der Waals surface area contributed by atoms with Crippen LogP contribution < -0.4 is 5.73 Å². The molecule has 2 rings (SSSR count). The van der Waals surface area contributed by atoms with Gasteiger partial charge in [-0.25, -0.2) is 0 Å². The zero-order valence-electron chi connectivity index (χ0n) is 8.89. The molecule has 0 saturated carbocycles. The van der Waals surface area contributed by atoms with Crippen LogP contribution in [0, 0.1) is 0 Å². The molecule has 1 aromatic heterocycles. The molecule has 0 radical (unpaired) electrons. The van der Waals surface area contributed by atoms with Gasteiger partial charge in [0.25, 0.3) is 0 Å². The van der Waals surface area contributed by atoms with Crippen molar-refractivity contribution < 1.29 is 9.90 Å². The summed E-state index contributed by atoms with van der Waals surface area (Å²) in [7, 11) is 0. The minimum Gasteiger partial charge on any atom is -0.481 e. The molecule has 3 N–H and O–H groups in total. The molecule has 0 aliphatic carbocycles. The van der Waals surface area contributed by atoms with E-state index in [1.807, 2.05) is 35.0 Å². The molecule has 0 unspecified atom stereocenters. The molecule has 0 fully saturated rings. The predicted molar refractivity (Wildman–Crippen MR) is 62.1 cm³/mol. The summed E-state index contributed by atoms with van der Waals surface area (Å²) >= 11 is 0. The molecule has 84 valence electrons. The summed E-state index contributed by atoms with van der Waals surface area (Å²) in [6, 6.07) is 7.90. The Morgan fingerprint density at radius 2 is 2.19 bits per heavy atom. The lowest BCUT2D eigenvalue weighted by Crippen LogP contribution is -2.03. The van der Waals surface area contributed by atoms with Crippen LogP contribution in [0.15, 0.2) is 30.5 Å². The number of aryl methyl sites for hydroxylation is 1. The average molecular weight is 218 g/mol. The van der Waals surface area contributed by atoms with Gasteiger partial charge in [0.05, 0.1) is 6.42 Å². The molecule has 0 atom stereocenters. The molecular formula is C12H14N2O2. The number of fused-ring (bicyclic) bond motifs is 1. The summed E-state index contributed by atoms with van der Waals surface area (Å²) < 4.78 is 1.95. The molecule has 0 aliphatic rings. The topological polar surface area (TPSA) is 68.2 Å². The smallest absolute Gasteiger partial charge is 0.305 e. The van der Waals surface area contributed by atoms with E-state index in [1.54, 1.807) is 0 Å². The maximum atomic E-state index is 10.5. The van der Waals surface area contributed by atoms with Gasteiger partial charge in [0.2, 0.25) is 0 Å². The number of benzene rings is 1. The first-order valence-electron chi connectivity index (χ1n) is 5.21. The fourth-order valence-corrected chi connectivity index (χ4v) is 1.88. The molecule has 2 aromatic rings. The number of aliphatic carboxylic acids is 1. The van der Waals surface area contributed by atoms with Crippen LogP contribution in [-0.4, -0.2) is 15.6 Å². The Morgan fingerprint density at radius 3 is 2.88 bits per heavy atom. The number of nitrogens with zero attached hydrogens (tertiary/aromatic N) is 1. The Labute approximate surface area is 93.3 Å². The molecule has 4 nitrogen and oxygen atoms in total. The van der Waals surface area contributed by atoms with Crippen LogP contribution in [0.4, 0.5) is 0 Å². The number of hydrogen-bond acceptors (Lipinski definition) is 2. The van der Waals surface area contributed by atoms with Crippen molar-refractivity contribution in [3.05, 3.63) is 36.0 Å². The van der Waals surface area contributed by atoms with Gasteiger partial charge < -0.3 is 15.4 Å². The van der Waals surface area contributed by atoms with Gasteiger partial charge in [0, 0.05) is 30.2 Å². The lowest BCUT2D eigenvalue weighted by Gasteiger charge is -2.04. The monoisotopic (exact) mass is 218 g/mol. The standard InChI is InChI=1S/C12H14N2O2/c13-8-9-2-1-3-11-10(9)4-6-14(11)7-5-12(15)16/h1-4,6H,5,7-8,13H2,(H,15,16). The molecule has 0 bridgehead atoms. The molecule has 0 spiro atoms. The lowest BCUT2D eigenvalue weighted by atomic mass is 10.1. The number of carbonyl (C=O) groups is 1. The first kappa shape index (κ1) is 10.7. The van der Waals surface area contributed by atoms with E-state index in [-0.39, 0.29) is 6.42 Å². The zero-order valence-corrected chi connectivity index (χ0v) is 8.89. The Bertz CT molecular complexity index is 517. The fourth-order valence-electron chi connectivity index (χ4n) is 1.88. The second kappa shape index (κ2) is 4.37. The maximum absolute atomic E-state index is 10.5. The molecule has 0 saturated heterocycles. The van der Waals surface area contributed by atoms with Crippen LogP contribution in [0.25, 0.3) is 10.9 Å². The normalized spacial score (nSPS) is 10.8. The summed E-state index contributed by atoms with van der Waals surface area (Å²) in [5, 5.41) is 9.76. The molecule has 4 heteroatoms. The largest absolute Gasteiger partial charge is 0.481 e. The number of aromatic nitrogens is 1. The van der Waals surface area contributed by atoms with E-state index >= 15 is 0 Å². The van der Waals surface area contributed by atoms with E-state index in [9.17, 15) is 4.79 Å². The number of nitrogens with two attached hydrogens (primary N) is 1. The van der Waals surface area contributed by atoms with E-state index in [1.165, 1.54) is 0 Å². The van der Waals surface area contributed by atoms with Gasteiger partial charge in [-0.05, 0) is 17.7 Å². The molecule has 1 heterocycles. The second-order valence-electron chi connectivity index (χ2n) is 3.71. The summed E-state index contributed by atoms with van der Waals surface area (Å²) in [5.74, 6) is -0.781. The van der Waals surface area contributed by atoms with Crippen molar-refractivity contribution in [1.82, 2.24) is 4.57 Å². The van der Waals surface area contributed by atoms with Crippen molar-refractivity contribution >= 4 is 16.9 Å². The highest BCUT2D eigenvalue weighted by atomic mass is 16.4. The van der Waals surface area contributed by atoms with Crippen molar-refractivity contribution in [2.45, 2.75) is 19.5 Å². The maximum Gasteiger partial charge on any atom is 0.305 e. The Hall–Kier alpha value is -1.81. The van der Waals surface area contributed by atoms with Crippen LogP contribution in [0.1, 0.15) is 12.0 Å². The third-order valence-electron chi connectivity index (χ3n) is 2.69. The first-order valence-corrected chi connectivity index (χ1v) is 5.21. The lowest BCUT2D eigenvalue weighted by molar-refractivity contribution is -0.137. The van der Waals surface area contributed by atoms with Crippen LogP contribution in [0.5, 0.6) is 0 Å². The van der Waals surface area contributed by atoms with Gasteiger partial charge >= 0.3 is 5.97 Å². The van der Waals surface area contributed by atoms with Crippen LogP contribution in [0.3, 0.4) is 0 Å². The van der Waals surface area contributed by atoms with Gasteiger partial charge in [-0.3, -0.25) is 4.79 Å². The van der Waals surface area contributed by atoms with Gasteiger partial charge in [-0.2, -0.15) is 0 Å². The number of hydrogen-bond donors (Lipinski definition) is 2. The van der Waals surface area contributed by atoms with Crippen molar-refractivity contribution in [2.75, 3.05) is 0 Å². The first-order chi connectivity index (χ1) is 7.72. The molecular weight excluding hydrogens is 204 g/mol. The summed E-state index contributed by atoms with van der Waals surface area (Å²) in [4.78, 5) is 10.5. The molecule has 1 aromatic carbocycles. The van der Waals surface area contributed by atoms with Crippen molar-refractivity contribution in [3.63, 3.8) is 0 Å². The summed E-state index contributed by atoms with van der Waals surface area (Å²) in [6.45, 7) is 0.993. The van der Waals surface area contributed by atoms with Crippen LogP contribution in [-0.2, 0) is 17.9 Å². The Kier molecular flexibility index (Phi) is 2.92. The summed E-state index contributed by atoms with van der Waals surface area (Å²) in [5.41, 5.74) is 7.78. The SMILES string of the molecule is NCc1cccc2c1ccn2CCC(=O)O. The average Bonchev–Trinajstić information content (AvgIpc) is 2.69. The number of carboxylic acid groups (broad SMARTS) is 1. The number of rotatable bonds is 4. The fraction of sp³-hybridized carbons (Fsp3) is 0.250. The highest BCUT2D eigenvalue weighted by Crippen LogP contribution is 2.20. The zero-order chi connectivity index (χ0) is 11.5. The minimum absolute atomic E-state index is 0.136. The van der Waals surface area contributed by atoms with Crippen LogP contribution >= 0.6 is 0 Å². The van der Waals surface area contributed by atoms with Gasteiger partial charge in [0.15, 0.2) is 0 Å². The molecule has 0 aliphatic heterocycles. The molecule has 16 heavy (non-hydrogen) atoms. The summed E-state index contributed by atoms with van der Waals surface area (Å²) in [6.07, 6.45) is 2.05. The third kappa shape index (κ3) is 1.92. The van der Waals surface area contributed by atoms with E-state index in [4.69, 9.17) is 10.8 Å². The van der Waals surface area contributed by atoms with E-state index in [0.29, 0.717) is 13.1 Å². The van der Waals surface area contributed by atoms with Crippen molar-refractivity contribution in [3.8, 4) is 0 Å². The Morgan fingerprint density at radius 1 is 1.38 bits per heavy atom. The van der Waals surface area contributed by atoms with E-state index < -0.39 is 5.97 Å². The molecule has 0 amide bonds. The minimum atomic E-state index is -0.781. The highest BCUT2D eigenvalue weighted by molar-refractivity contribution is 5.83. The Balaban J connectivity index is 2.37. The van der Waals surface area contributed by atoms with E-state index in [0.717, 1.165) is 16.5 Å². The van der Waals surface area contributed by atoms with Gasteiger partial charge in [-0.15, -0.1) is 0 Å². The number of carboxylic acids is 1.